The van der Waals surface area contributed by atoms with Crippen molar-refractivity contribution in [1.82, 2.24) is 10.6 Å². The highest BCUT2D eigenvalue weighted by atomic mass is 19.3. The minimum absolute atomic E-state index is 0.0348. The molecule has 0 heterocycles. The third-order valence-electron chi connectivity index (χ3n) is 2.97. The molecule has 0 aliphatic heterocycles. The van der Waals surface area contributed by atoms with Gasteiger partial charge >= 0.3 is 36.2 Å². The monoisotopic (exact) mass is 494 g/mol. The van der Waals surface area contributed by atoms with Crippen LogP contribution in [-0.2, 0) is 28.5 Å². The molecular formula is C14H22F8N4O6. The molecule has 0 aliphatic carbocycles. The molecule has 0 aromatic carbocycles. The second-order valence-corrected chi connectivity index (χ2v) is 5.59. The summed E-state index contributed by atoms with van der Waals surface area (Å²) in [4.78, 5) is 22.3. The summed E-state index contributed by atoms with van der Waals surface area (Å²) in [6.07, 6.45) is -24.2. The van der Waals surface area contributed by atoms with Gasteiger partial charge in [0.1, 0.15) is 0 Å². The van der Waals surface area contributed by atoms with E-state index >= 15 is 0 Å². The van der Waals surface area contributed by atoms with Crippen LogP contribution in [0.25, 0.3) is 0 Å². The molecule has 0 saturated heterocycles. The highest BCUT2D eigenvalue weighted by Gasteiger charge is 2.69. The zero-order chi connectivity index (χ0) is 25.1. The Balaban J connectivity index is 4.95. The molecule has 0 fully saturated rings. The van der Waals surface area contributed by atoms with E-state index in [1.165, 1.54) is 10.6 Å². The molecule has 0 aromatic rings. The first-order valence-electron chi connectivity index (χ1n) is 8.66. The van der Waals surface area contributed by atoms with E-state index in [1.54, 1.807) is 0 Å². The molecule has 32 heavy (non-hydrogen) atoms. The van der Waals surface area contributed by atoms with Gasteiger partial charge in [-0.2, -0.15) is 35.1 Å². The van der Waals surface area contributed by atoms with Gasteiger partial charge in [-0.25, -0.2) is 9.47 Å². The molecule has 0 bridgehead atoms. The lowest BCUT2D eigenvalue weighted by atomic mass is 10.4. The molecule has 190 valence electrons. The molecule has 2 amide bonds. The first kappa shape index (κ1) is 30.1. The highest BCUT2D eigenvalue weighted by molar-refractivity contribution is 5.82. The minimum Gasteiger partial charge on any atom is -0.378 e. The molecular weight excluding hydrogens is 472 g/mol. The molecule has 0 unspecified atom stereocenters. The second-order valence-electron chi connectivity index (χ2n) is 5.59. The van der Waals surface area contributed by atoms with Crippen LogP contribution in [0.1, 0.15) is 0 Å². The number of nitrogens with one attached hydrogen (secondary N) is 2. The predicted molar refractivity (Wildman–Crippen MR) is 87.7 cm³/mol. The molecule has 10 nitrogen and oxygen atoms in total. The van der Waals surface area contributed by atoms with Crippen LogP contribution in [0.2, 0.25) is 0 Å². The van der Waals surface area contributed by atoms with Gasteiger partial charge < -0.3 is 31.6 Å². The number of carbonyl (C=O) groups excluding carboxylic acids is 2. The molecule has 6 N–H and O–H groups in total. The number of halogens is 8. The summed E-state index contributed by atoms with van der Waals surface area (Å²) in [6, 6.07) is 0. The van der Waals surface area contributed by atoms with Crippen molar-refractivity contribution in [3.8, 4) is 0 Å². The van der Waals surface area contributed by atoms with Gasteiger partial charge in [0.05, 0.1) is 26.4 Å². The van der Waals surface area contributed by atoms with Crippen LogP contribution < -0.4 is 22.1 Å². The summed E-state index contributed by atoms with van der Waals surface area (Å²) >= 11 is 0. The minimum atomic E-state index is -6.47. The van der Waals surface area contributed by atoms with Crippen LogP contribution >= 0.6 is 0 Å². The first-order chi connectivity index (χ1) is 14.6. The zero-order valence-electron chi connectivity index (χ0n) is 16.3. The van der Waals surface area contributed by atoms with E-state index in [9.17, 15) is 44.7 Å². The Hall–Kier alpha value is -1.86. The second kappa shape index (κ2) is 13.0. The summed E-state index contributed by atoms with van der Waals surface area (Å²) in [5.74, 6) is -5.21. The van der Waals surface area contributed by atoms with Gasteiger partial charge in [-0.05, 0) is 0 Å². The Kier molecular flexibility index (Phi) is 12.2. The number of ether oxygens (including phenoxy) is 4. The number of alkyl halides is 8. The smallest absolute Gasteiger partial charge is 0.378 e. The molecule has 0 atom stereocenters. The third-order valence-corrected chi connectivity index (χ3v) is 2.97. The Morgan fingerprint density at radius 3 is 1.22 bits per heavy atom. The number of rotatable bonds is 17. The Morgan fingerprint density at radius 1 is 0.625 bits per heavy atom. The average molecular weight is 494 g/mol. The van der Waals surface area contributed by atoms with Crippen molar-refractivity contribution in [3.05, 3.63) is 0 Å². The predicted octanol–water partition coefficient (Wildman–Crippen LogP) is -0.426. The standard InChI is InChI=1S/C14H22F8N4O6/c15-11(16,9(27)25-3-7-29-5-1-23)31-13(19,20)14(21,22)32-12(17,18)10(28)26-4-8-30-6-2-24/h1-8,23-24H2,(H,25,27)(H,26,28). The number of hydrogen-bond acceptors (Lipinski definition) is 8. The van der Waals surface area contributed by atoms with E-state index in [1.807, 2.05) is 0 Å². The summed E-state index contributed by atoms with van der Waals surface area (Å²) in [7, 11) is 0. The van der Waals surface area contributed by atoms with Crippen molar-refractivity contribution in [1.29, 1.82) is 0 Å². The number of amides is 2. The van der Waals surface area contributed by atoms with Crippen LogP contribution in [0.4, 0.5) is 35.1 Å². The van der Waals surface area contributed by atoms with E-state index in [0.717, 1.165) is 0 Å². The summed E-state index contributed by atoms with van der Waals surface area (Å²) in [6.45, 7) is -2.13. The maximum absolute atomic E-state index is 13.4. The van der Waals surface area contributed by atoms with E-state index in [-0.39, 0.29) is 26.3 Å². The van der Waals surface area contributed by atoms with Gasteiger partial charge in [0, 0.05) is 26.2 Å². The van der Waals surface area contributed by atoms with Crippen LogP contribution in [0.15, 0.2) is 0 Å². The molecule has 0 radical (unpaired) electrons. The van der Waals surface area contributed by atoms with Gasteiger partial charge in [0.15, 0.2) is 0 Å². The third kappa shape index (κ3) is 10.2. The lowest BCUT2D eigenvalue weighted by Crippen LogP contribution is -2.57. The zero-order valence-corrected chi connectivity index (χ0v) is 16.3. The van der Waals surface area contributed by atoms with E-state index in [2.05, 4.69) is 18.9 Å². The number of nitrogens with two attached hydrogens (primary N) is 2. The van der Waals surface area contributed by atoms with E-state index in [4.69, 9.17) is 11.5 Å². The van der Waals surface area contributed by atoms with Crippen LogP contribution in [0.3, 0.4) is 0 Å². The molecule has 18 heteroatoms. The van der Waals surface area contributed by atoms with E-state index in [0.29, 0.717) is 0 Å². The topological polar surface area (TPSA) is 147 Å². The molecule has 0 spiro atoms. The lowest BCUT2D eigenvalue weighted by Gasteiger charge is -2.30. The lowest BCUT2D eigenvalue weighted by molar-refractivity contribution is -0.499. The first-order valence-corrected chi connectivity index (χ1v) is 8.66. The Bertz CT molecular complexity index is 550. The average Bonchev–Trinajstić information content (AvgIpc) is 2.65. The van der Waals surface area contributed by atoms with Gasteiger partial charge in [0.2, 0.25) is 0 Å². The number of carbonyl (C=O) groups is 2. The SMILES string of the molecule is NCCOCCNC(=O)C(F)(F)OC(F)(F)C(F)(F)OC(F)(F)C(=O)NCCOCCN. The van der Waals surface area contributed by atoms with Gasteiger partial charge in [0.25, 0.3) is 0 Å². The fraction of sp³-hybridized carbons (Fsp3) is 0.857. The molecule has 0 aromatic heterocycles. The van der Waals surface area contributed by atoms with E-state index < -0.39 is 62.6 Å². The van der Waals surface area contributed by atoms with Crippen LogP contribution in [0, 0.1) is 0 Å². The summed E-state index contributed by atoms with van der Waals surface area (Å²) in [5, 5.41) is 2.66. The van der Waals surface area contributed by atoms with Crippen molar-refractivity contribution in [3.63, 3.8) is 0 Å². The van der Waals surface area contributed by atoms with Crippen molar-refractivity contribution in [2.75, 3.05) is 52.6 Å². The maximum Gasteiger partial charge on any atom is 0.453 e. The Labute approximate surface area is 175 Å². The van der Waals surface area contributed by atoms with Crippen molar-refractivity contribution >= 4 is 11.8 Å². The van der Waals surface area contributed by atoms with Crippen LogP contribution in [0.5, 0.6) is 0 Å². The fourth-order valence-electron chi connectivity index (χ4n) is 1.58. The fourth-order valence-corrected chi connectivity index (χ4v) is 1.58. The van der Waals surface area contributed by atoms with Gasteiger partial charge in [-0.1, -0.05) is 0 Å². The van der Waals surface area contributed by atoms with Crippen molar-refractivity contribution in [2.24, 2.45) is 11.5 Å². The number of hydrogen-bond donors (Lipinski definition) is 4. The molecule has 0 rings (SSSR count). The normalized spacial score (nSPS) is 13.2. The van der Waals surface area contributed by atoms with Crippen molar-refractivity contribution < 1.29 is 63.7 Å². The summed E-state index contributed by atoms with van der Waals surface area (Å²) in [5.41, 5.74) is 10.1. The molecule has 0 aliphatic rings. The van der Waals surface area contributed by atoms with Crippen molar-refractivity contribution in [2.45, 2.75) is 24.4 Å². The quantitative estimate of drug-likeness (QED) is 0.157. The Morgan fingerprint density at radius 2 is 0.938 bits per heavy atom. The largest absolute Gasteiger partial charge is 0.453 e. The van der Waals surface area contributed by atoms with Gasteiger partial charge in [-0.3, -0.25) is 9.59 Å². The van der Waals surface area contributed by atoms with Crippen LogP contribution in [-0.4, -0.2) is 88.9 Å². The molecule has 0 saturated carbocycles. The highest BCUT2D eigenvalue weighted by Crippen LogP contribution is 2.43. The summed E-state index contributed by atoms with van der Waals surface area (Å²) < 4.78 is 122. The van der Waals surface area contributed by atoms with Gasteiger partial charge in [-0.15, -0.1) is 0 Å². The maximum atomic E-state index is 13.4.